The zero-order chi connectivity index (χ0) is 13.8. The van der Waals surface area contributed by atoms with Gasteiger partial charge >= 0.3 is 0 Å². The highest BCUT2D eigenvalue weighted by Gasteiger charge is 2.24. The molecule has 0 spiro atoms. The van der Waals surface area contributed by atoms with Crippen LogP contribution in [0.15, 0.2) is 18.2 Å². The van der Waals surface area contributed by atoms with Crippen LogP contribution in [0, 0.1) is 0 Å². The minimum Gasteiger partial charge on any atom is -0.493 e. The molecule has 0 amide bonds. The molecular weight excluding hydrogens is 252 g/mol. The lowest BCUT2D eigenvalue weighted by Gasteiger charge is -2.36. The summed E-state index contributed by atoms with van der Waals surface area (Å²) in [5.41, 5.74) is 1.25. The van der Waals surface area contributed by atoms with Crippen LogP contribution in [0.5, 0.6) is 11.5 Å². The SMILES string of the molecule is COc1cccc2c1OCCCN([C@H]1CCCNC1)C2. The molecule has 1 aromatic rings. The Bertz CT molecular complexity index is 444. The van der Waals surface area contributed by atoms with E-state index in [4.69, 9.17) is 9.47 Å². The van der Waals surface area contributed by atoms with Gasteiger partial charge in [0.25, 0.3) is 0 Å². The van der Waals surface area contributed by atoms with Crippen LogP contribution in [0.25, 0.3) is 0 Å². The maximum Gasteiger partial charge on any atom is 0.165 e. The fourth-order valence-electron chi connectivity index (χ4n) is 3.21. The van der Waals surface area contributed by atoms with Crippen molar-refractivity contribution in [1.82, 2.24) is 10.2 Å². The molecule has 1 saturated heterocycles. The fourth-order valence-corrected chi connectivity index (χ4v) is 3.21. The van der Waals surface area contributed by atoms with Gasteiger partial charge in [-0.1, -0.05) is 12.1 Å². The van der Waals surface area contributed by atoms with E-state index in [0.29, 0.717) is 6.04 Å². The molecule has 1 fully saturated rings. The fraction of sp³-hybridized carbons (Fsp3) is 0.625. The van der Waals surface area contributed by atoms with Crippen molar-refractivity contribution in [2.24, 2.45) is 0 Å². The van der Waals surface area contributed by atoms with E-state index in [2.05, 4.69) is 22.3 Å². The van der Waals surface area contributed by atoms with Gasteiger partial charge in [0, 0.05) is 31.2 Å². The molecule has 4 heteroatoms. The Kier molecular flexibility index (Phi) is 4.43. The summed E-state index contributed by atoms with van der Waals surface area (Å²) in [6.07, 6.45) is 3.66. The van der Waals surface area contributed by atoms with Crippen LogP contribution in [0.2, 0.25) is 0 Å². The standard InChI is InChI=1S/C16H24N2O2/c1-19-15-7-2-5-13-12-18(9-4-10-20-16(13)15)14-6-3-8-17-11-14/h2,5,7,14,17H,3-4,6,8-12H2,1H3/t14-/m0/s1. The van der Waals surface area contributed by atoms with Crippen molar-refractivity contribution in [3.63, 3.8) is 0 Å². The summed E-state index contributed by atoms with van der Waals surface area (Å²) in [5.74, 6) is 1.79. The molecule has 20 heavy (non-hydrogen) atoms. The van der Waals surface area contributed by atoms with Gasteiger partial charge < -0.3 is 14.8 Å². The van der Waals surface area contributed by atoms with Gasteiger partial charge in [0.15, 0.2) is 11.5 Å². The molecule has 0 unspecified atom stereocenters. The third-order valence-corrected chi connectivity index (χ3v) is 4.28. The number of benzene rings is 1. The lowest BCUT2D eigenvalue weighted by atomic mass is 10.0. The van der Waals surface area contributed by atoms with Crippen LogP contribution < -0.4 is 14.8 Å². The molecule has 0 radical (unpaired) electrons. The summed E-state index contributed by atoms with van der Waals surface area (Å²) in [7, 11) is 1.71. The molecule has 2 heterocycles. The van der Waals surface area contributed by atoms with Crippen LogP contribution in [-0.2, 0) is 6.54 Å². The first kappa shape index (κ1) is 13.7. The molecule has 0 saturated carbocycles. The summed E-state index contributed by atoms with van der Waals surface area (Å²) in [6, 6.07) is 6.85. The molecule has 1 N–H and O–H groups in total. The molecule has 0 bridgehead atoms. The second-order valence-corrected chi connectivity index (χ2v) is 5.62. The Morgan fingerprint density at radius 3 is 3.10 bits per heavy atom. The van der Waals surface area contributed by atoms with Gasteiger partial charge in [-0.2, -0.15) is 0 Å². The monoisotopic (exact) mass is 276 g/mol. The molecule has 1 atom stereocenters. The Labute approximate surface area is 121 Å². The van der Waals surface area contributed by atoms with Crippen LogP contribution in [0.4, 0.5) is 0 Å². The number of nitrogens with one attached hydrogen (secondary N) is 1. The first-order valence-electron chi connectivity index (χ1n) is 7.62. The van der Waals surface area contributed by atoms with E-state index < -0.39 is 0 Å². The lowest BCUT2D eigenvalue weighted by molar-refractivity contribution is 0.133. The second kappa shape index (κ2) is 6.46. The van der Waals surface area contributed by atoms with Crippen LogP contribution in [0.3, 0.4) is 0 Å². The number of fused-ring (bicyclic) bond motifs is 1. The van der Waals surface area contributed by atoms with E-state index in [1.165, 1.54) is 18.4 Å². The van der Waals surface area contributed by atoms with Crippen molar-refractivity contribution >= 4 is 0 Å². The highest BCUT2D eigenvalue weighted by atomic mass is 16.5. The highest BCUT2D eigenvalue weighted by Crippen LogP contribution is 2.33. The van der Waals surface area contributed by atoms with E-state index >= 15 is 0 Å². The molecule has 3 rings (SSSR count). The summed E-state index contributed by atoms with van der Waals surface area (Å²) in [5, 5.41) is 3.52. The zero-order valence-electron chi connectivity index (χ0n) is 12.2. The zero-order valence-corrected chi connectivity index (χ0v) is 12.2. The normalized spacial score (nSPS) is 24.1. The molecule has 0 aliphatic carbocycles. The molecular formula is C16H24N2O2. The summed E-state index contributed by atoms with van der Waals surface area (Å²) < 4.78 is 11.4. The number of piperidine rings is 1. The third kappa shape index (κ3) is 2.91. The topological polar surface area (TPSA) is 33.7 Å². The summed E-state index contributed by atoms with van der Waals surface area (Å²) in [4.78, 5) is 2.60. The van der Waals surface area contributed by atoms with Gasteiger partial charge in [-0.05, 0) is 31.9 Å². The third-order valence-electron chi connectivity index (χ3n) is 4.28. The Hall–Kier alpha value is -1.26. The minimum absolute atomic E-state index is 0.654. The van der Waals surface area contributed by atoms with E-state index in [0.717, 1.165) is 50.7 Å². The van der Waals surface area contributed by atoms with Gasteiger partial charge in [0.2, 0.25) is 0 Å². The first-order valence-corrected chi connectivity index (χ1v) is 7.62. The Balaban J connectivity index is 1.82. The lowest BCUT2D eigenvalue weighted by Crippen LogP contribution is -2.46. The summed E-state index contributed by atoms with van der Waals surface area (Å²) in [6.45, 7) is 5.11. The van der Waals surface area contributed by atoms with Crippen molar-refractivity contribution in [2.45, 2.75) is 31.8 Å². The maximum absolute atomic E-state index is 5.92. The summed E-state index contributed by atoms with van der Waals surface area (Å²) >= 11 is 0. The molecule has 1 aromatic carbocycles. The Morgan fingerprint density at radius 1 is 1.35 bits per heavy atom. The van der Waals surface area contributed by atoms with Crippen molar-refractivity contribution in [3.8, 4) is 11.5 Å². The van der Waals surface area contributed by atoms with Gasteiger partial charge in [0.05, 0.1) is 13.7 Å². The van der Waals surface area contributed by atoms with E-state index in [1.807, 2.05) is 6.07 Å². The van der Waals surface area contributed by atoms with Gasteiger partial charge in [0.1, 0.15) is 0 Å². The van der Waals surface area contributed by atoms with E-state index in [-0.39, 0.29) is 0 Å². The second-order valence-electron chi connectivity index (χ2n) is 5.62. The average molecular weight is 276 g/mol. The maximum atomic E-state index is 5.92. The molecule has 4 nitrogen and oxygen atoms in total. The van der Waals surface area contributed by atoms with Crippen LogP contribution >= 0.6 is 0 Å². The first-order chi connectivity index (χ1) is 9.88. The predicted octanol–water partition coefficient (Wildman–Crippen LogP) is 2.03. The van der Waals surface area contributed by atoms with Crippen molar-refractivity contribution in [3.05, 3.63) is 23.8 Å². The highest BCUT2D eigenvalue weighted by molar-refractivity contribution is 5.46. The van der Waals surface area contributed by atoms with Gasteiger partial charge in [-0.3, -0.25) is 4.90 Å². The molecule has 0 aromatic heterocycles. The number of hydrogen-bond donors (Lipinski definition) is 1. The van der Waals surface area contributed by atoms with Gasteiger partial charge in [-0.25, -0.2) is 0 Å². The van der Waals surface area contributed by atoms with Crippen molar-refractivity contribution in [2.75, 3.05) is 33.4 Å². The molecule has 2 aliphatic rings. The van der Waals surface area contributed by atoms with E-state index in [9.17, 15) is 0 Å². The Morgan fingerprint density at radius 2 is 2.30 bits per heavy atom. The number of para-hydroxylation sites is 1. The number of nitrogens with zero attached hydrogens (tertiary/aromatic N) is 1. The average Bonchev–Trinajstić information content (AvgIpc) is 2.48. The minimum atomic E-state index is 0.654. The number of hydrogen-bond acceptors (Lipinski definition) is 4. The number of rotatable bonds is 2. The number of ether oxygens (including phenoxy) is 2. The molecule has 110 valence electrons. The number of methoxy groups -OCH3 is 1. The smallest absolute Gasteiger partial charge is 0.165 e. The largest absolute Gasteiger partial charge is 0.493 e. The van der Waals surface area contributed by atoms with Gasteiger partial charge in [-0.15, -0.1) is 0 Å². The van der Waals surface area contributed by atoms with Crippen molar-refractivity contribution < 1.29 is 9.47 Å². The van der Waals surface area contributed by atoms with Crippen LogP contribution in [0.1, 0.15) is 24.8 Å². The van der Waals surface area contributed by atoms with E-state index in [1.54, 1.807) is 7.11 Å². The quantitative estimate of drug-likeness (QED) is 0.896. The predicted molar refractivity (Wildman–Crippen MR) is 79.4 cm³/mol. The molecule has 2 aliphatic heterocycles. The van der Waals surface area contributed by atoms with Crippen molar-refractivity contribution in [1.29, 1.82) is 0 Å². The van der Waals surface area contributed by atoms with Crippen LogP contribution in [-0.4, -0.2) is 44.3 Å².